The van der Waals surface area contributed by atoms with Crippen molar-refractivity contribution in [3.05, 3.63) is 46.8 Å². The maximum absolute atomic E-state index is 13.7. The van der Waals surface area contributed by atoms with Crippen LogP contribution in [0.25, 0.3) is 0 Å². The van der Waals surface area contributed by atoms with Crippen LogP contribution in [0.2, 0.25) is 0 Å². The summed E-state index contributed by atoms with van der Waals surface area (Å²) in [7, 11) is 1.92. The molecule has 1 nitrogen and oxygen atoms in total. The first-order valence-electron chi connectivity index (χ1n) is 6.21. The summed E-state index contributed by atoms with van der Waals surface area (Å²) in [6.07, 6.45) is 5.97. The van der Waals surface area contributed by atoms with Crippen LogP contribution in [0.1, 0.15) is 43.0 Å². The SMILES string of the molecule is C/C=C\Cc1cc(C)c(F)cc1C(CC)NC. The Labute approximate surface area is 104 Å². The van der Waals surface area contributed by atoms with E-state index in [9.17, 15) is 4.39 Å². The molecule has 1 aromatic rings. The molecule has 94 valence electrons. The Bertz CT molecular complexity index is 392. The number of nitrogens with one attached hydrogen (secondary N) is 1. The zero-order chi connectivity index (χ0) is 12.8. The van der Waals surface area contributed by atoms with Gasteiger partial charge in [0, 0.05) is 6.04 Å². The van der Waals surface area contributed by atoms with Gasteiger partial charge in [0.1, 0.15) is 5.82 Å². The topological polar surface area (TPSA) is 12.0 Å². The van der Waals surface area contributed by atoms with Crippen molar-refractivity contribution in [3.8, 4) is 0 Å². The average molecular weight is 235 g/mol. The van der Waals surface area contributed by atoms with Crippen molar-refractivity contribution in [1.82, 2.24) is 5.32 Å². The van der Waals surface area contributed by atoms with Gasteiger partial charge < -0.3 is 5.32 Å². The van der Waals surface area contributed by atoms with Crippen LogP contribution in [0, 0.1) is 12.7 Å². The van der Waals surface area contributed by atoms with E-state index in [1.165, 1.54) is 5.56 Å². The molecule has 1 atom stereocenters. The summed E-state index contributed by atoms with van der Waals surface area (Å²) in [6.45, 7) is 5.93. The normalized spacial score (nSPS) is 13.2. The molecule has 0 fully saturated rings. The number of rotatable bonds is 5. The molecular weight excluding hydrogens is 213 g/mol. The van der Waals surface area contributed by atoms with Crippen LogP contribution in [0.3, 0.4) is 0 Å². The molecule has 0 aliphatic carbocycles. The Morgan fingerprint density at radius 2 is 2.12 bits per heavy atom. The zero-order valence-electron chi connectivity index (χ0n) is 11.2. The van der Waals surface area contributed by atoms with Gasteiger partial charge in [0.05, 0.1) is 0 Å². The van der Waals surface area contributed by atoms with Crippen molar-refractivity contribution < 1.29 is 4.39 Å². The van der Waals surface area contributed by atoms with Gasteiger partial charge in [0.25, 0.3) is 0 Å². The van der Waals surface area contributed by atoms with Gasteiger partial charge in [-0.05, 0) is 56.5 Å². The molecule has 0 aliphatic heterocycles. The molecule has 17 heavy (non-hydrogen) atoms. The second-order valence-electron chi connectivity index (χ2n) is 4.32. The van der Waals surface area contributed by atoms with E-state index in [1.54, 1.807) is 6.07 Å². The molecular formula is C15H22FN. The molecule has 0 aliphatic rings. The molecule has 0 heterocycles. The second kappa shape index (κ2) is 6.55. The van der Waals surface area contributed by atoms with E-state index < -0.39 is 0 Å². The van der Waals surface area contributed by atoms with Crippen LogP contribution < -0.4 is 5.32 Å². The Morgan fingerprint density at radius 3 is 2.65 bits per heavy atom. The molecule has 1 unspecified atom stereocenters. The second-order valence-corrected chi connectivity index (χ2v) is 4.32. The molecule has 0 spiro atoms. The molecule has 0 amide bonds. The molecule has 0 saturated carbocycles. The minimum atomic E-state index is -0.113. The molecule has 2 heteroatoms. The van der Waals surface area contributed by atoms with Gasteiger partial charge >= 0.3 is 0 Å². The van der Waals surface area contributed by atoms with Crippen molar-refractivity contribution in [2.45, 2.75) is 39.7 Å². The van der Waals surface area contributed by atoms with Crippen molar-refractivity contribution in [3.63, 3.8) is 0 Å². The Kier molecular flexibility index (Phi) is 5.36. The quantitative estimate of drug-likeness (QED) is 0.763. The third-order valence-corrected chi connectivity index (χ3v) is 3.13. The Hall–Kier alpha value is -1.15. The minimum Gasteiger partial charge on any atom is -0.313 e. The standard InChI is InChI=1S/C15H22FN/c1-5-7-8-12-9-11(3)14(16)10-13(12)15(6-2)17-4/h5,7,9-10,15,17H,6,8H2,1-4H3/b7-5-. The van der Waals surface area contributed by atoms with E-state index >= 15 is 0 Å². The first-order valence-corrected chi connectivity index (χ1v) is 6.21. The van der Waals surface area contributed by atoms with Crippen LogP contribution in [-0.2, 0) is 6.42 Å². The summed E-state index contributed by atoms with van der Waals surface area (Å²) in [4.78, 5) is 0. The number of aryl methyl sites for hydroxylation is 1. The van der Waals surface area contributed by atoms with Gasteiger partial charge in [-0.1, -0.05) is 25.1 Å². The first kappa shape index (κ1) is 13.9. The van der Waals surface area contributed by atoms with Gasteiger partial charge in [0.15, 0.2) is 0 Å². The predicted octanol–water partition coefficient (Wildman–Crippen LogP) is 3.92. The number of benzene rings is 1. The van der Waals surface area contributed by atoms with Gasteiger partial charge in [-0.2, -0.15) is 0 Å². The van der Waals surface area contributed by atoms with E-state index in [4.69, 9.17) is 0 Å². The van der Waals surface area contributed by atoms with Crippen LogP contribution in [0.15, 0.2) is 24.3 Å². The highest BCUT2D eigenvalue weighted by Crippen LogP contribution is 2.24. The fourth-order valence-corrected chi connectivity index (χ4v) is 2.08. The summed E-state index contributed by atoms with van der Waals surface area (Å²) in [6, 6.07) is 3.87. The highest BCUT2D eigenvalue weighted by atomic mass is 19.1. The lowest BCUT2D eigenvalue weighted by molar-refractivity contribution is 0.559. The third-order valence-electron chi connectivity index (χ3n) is 3.13. The van der Waals surface area contributed by atoms with E-state index in [1.807, 2.05) is 33.0 Å². The number of allylic oxidation sites excluding steroid dienone is 2. The molecule has 0 bridgehead atoms. The zero-order valence-corrected chi connectivity index (χ0v) is 11.2. The Morgan fingerprint density at radius 1 is 1.41 bits per heavy atom. The number of hydrogen-bond acceptors (Lipinski definition) is 1. The molecule has 0 radical (unpaired) electrons. The third kappa shape index (κ3) is 3.40. The van der Waals surface area contributed by atoms with Crippen LogP contribution in [0.5, 0.6) is 0 Å². The number of hydrogen-bond donors (Lipinski definition) is 1. The summed E-state index contributed by atoms with van der Waals surface area (Å²) in [5, 5.41) is 3.24. The molecule has 1 N–H and O–H groups in total. The lowest BCUT2D eigenvalue weighted by atomic mass is 9.94. The van der Waals surface area contributed by atoms with E-state index in [0.717, 1.165) is 24.0 Å². The van der Waals surface area contributed by atoms with Crippen molar-refractivity contribution in [1.29, 1.82) is 0 Å². The highest BCUT2D eigenvalue weighted by molar-refractivity contribution is 5.36. The summed E-state index contributed by atoms with van der Waals surface area (Å²) >= 11 is 0. The van der Waals surface area contributed by atoms with Crippen molar-refractivity contribution in [2.24, 2.45) is 0 Å². The summed E-state index contributed by atoms with van der Waals surface area (Å²) < 4.78 is 13.7. The van der Waals surface area contributed by atoms with Crippen LogP contribution in [0.4, 0.5) is 4.39 Å². The maximum atomic E-state index is 13.7. The van der Waals surface area contributed by atoms with Crippen molar-refractivity contribution in [2.75, 3.05) is 7.05 Å². The smallest absolute Gasteiger partial charge is 0.126 e. The van der Waals surface area contributed by atoms with E-state index in [0.29, 0.717) is 0 Å². The molecule has 0 saturated heterocycles. The van der Waals surface area contributed by atoms with Gasteiger partial charge in [0.2, 0.25) is 0 Å². The lowest BCUT2D eigenvalue weighted by Gasteiger charge is -2.19. The predicted molar refractivity (Wildman–Crippen MR) is 71.7 cm³/mol. The monoisotopic (exact) mass is 235 g/mol. The van der Waals surface area contributed by atoms with Crippen molar-refractivity contribution >= 4 is 0 Å². The molecule has 1 rings (SSSR count). The van der Waals surface area contributed by atoms with Crippen LogP contribution in [-0.4, -0.2) is 7.05 Å². The minimum absolute atomic E-state index is 0.113. The Balaban J connectivity index is 3.19. The first-order chi connectivity index (χ1) is 8.13. The average Bonchev–Trinajstić information content (AvgIpc) is 2.33. The van der Waals surface area contributed by atoms with E-state index in [-0.39, 0.29) is 11.9 Å². The fourth-order valence-electron chi connectivity index (χ4n) is 2.08. The molecule has 1 aromatic carbocycles. The van der Waals surface area contributed by atoms with Gasteiger partial charge in [-0.3, -0.25) is 0 Å². The lowest BCUT2D eigenvalue weighted by Crippen LogP contribution is -2.17. The number of halogens is 1. The van der Waals surface area contributed by atoms with Gasteiger partial charge in [-0.15, -0.1) is 0 Å². The van der Waals surface area contributed by atoms with Crippen LogP contribution >= 0.6 is 0 Å². The highest BCUT2D eigenvalue weighted by Gasteiger charge is 2.13. The summed E-state index contributed by atoms with van der Waals surface area (Å²) in [5.41, 5.74) is 3.01. The van der Waals surface area contributed by atoms with Gasteiger partial charge in [-0.25, -0.2) is 4.39 Å². The fraction of sp³-hybridized carbons (Fsp3) is 0.467. The largest absolute Gasteiger partial charge is 0.313 e. The van der Waals surface area contributed by atoms with E-state index in [2.05, 4.69) is 18.3 Å². The molecule has 0 aromatic heterocycles. The maximum Gasteiger partial charge on any atom is 0.126 e. The summed E-state index contributed by atoms with van der Waals surface area (Å²) in [5.74, 6) is -0.113.